The SMILES string of the molecule is CCCC1C[C@@H](C(N)=O)N(C)C1. The molecule has 1 amide bonds. The second kappa shape index (κ2) is 3.90. The minimum atomic E-state index is -0.170. The Hall–Kier alpha value is -0.570. The highest BCUT2D eigenvalue weighted by molar-refractivity contribution is 5.80. The zero-order chi connectivity index (χ0) is 9.14. The van der Waals surface area contributed by atoms with Gasteiger partial charge in [-0.25, -0.2) is 0 Å². The molecule has 0 spiro atoms. The molecular weight excluding hydrogens is 152 g/mol. The number of likely N-dealkylation sites (N-methyl/N-ethyl adjacent to an activating group) is 1. The molecule has 12 heavy (non-hydrogen) atoms. The maximum absolute atomic E-state index is 10.9. The third kappa shape index (κ3) is 1.97. The number of primary amides is 1. The summed E-state index contributed by atoms with van der Waals surface area (Å²) in [5.74, 6) is 0.508. The molecule has 0 aromatic heterocycles. The molecule has 0 radical (unpaired) electrons. The summed E-state index contributed by atoms with van der Waals surface area (Å²) in [6, 6.07) is -0.0125. The Balaban J connectivity index is 2.44. The van der Waals surface area contributed by atoms with Crippen LogP contribution in [0.1, 0.15) is 26.2 Å². The third-order valence-electron chi connectivity index (χ3n) is 2.66. The van der Waals surface area contributed by atoms with E-state index in [1.54, 1.807) is 0 Å². The molecule has 1 rings (SSSR count). The average molecular weight is 170 g/mol. The van der Waals surface area contributed by atoms with Gasteiger partial charge in [0.2, 0.25) is 5.91 Å². The number of hydrogen-bond donors (Lipinski definition) is 1. The van der Waals surface area contributed by atoms with Crippen LogP contribution in [-0.4, -0.2) is 30.4 Å². The Bertz CT molecular complexity index is 170. The van der Waals surface area contributed by atoms with E-state index >= 15 is 0 Å². The van der Waals surface area contributed by atoms with Crippen molar-refractivity contribution in [2.75, 3.05) is 13.6 Å². The highest BCUT2D eigenvalue weighted by atomic mass is 16.1. The maximum Gasteiger partial charge on any atom is 0.234 e. The number of carbonyl (C=O) groups is 1. The first-order valence-corrected chi connectivity index (χ1v) is 4.64. The first-order chi connectivity index (χ1) is 5.65. The van der Waals surface area contributed by atoms with Crippen LogP contribution in [-0.2, 0) is 4.79 Å². The Morgan fingerprint density at radius 1 is 1.67 bits per heavy atom. The molecule has 0 aromatic carbocycles. The number of nitrogens with two attached hydrogens (primary N) is 1. The Kier molecular flexibility index (Phi) is 3.09. The first-order valence-electron chi connectivity index (χ1n) is 4.64. The van der Waals surface area contributed by atoms with Crippen molar-refractivity contribution in [1.29, 1.82) is 0 Å². The van der Waals surface area contributed by atoms with E-state index in [-0.39, 0.29) is 11.9 Å². The second-order valence-electron chi connectivity index (χ2n) is 3.75. The molecule has 3 nitrogen and oxygen atoms in total. The van der Waals surface area contributed by atoms with E-state index in [2.05, 4.69) is 11.8 Å². The van der Waals surface area contributed by atoms with Gasteiger partial charge in [0.05, 0.1) is 6.04 Å². The number of rotatable bonds is 3. The van der Waals surface area contributed by atoms with E-state index < -0.39 is 0 Å². The largest absolute Gasteiger partial charge is 0.368 e. The van der Waals surface area contributed by atoms with Crippen LogP contribution in [0.4, 0.5) is 0 Å². The number of carbonyl (C=O) groups excluding carboxylic acids is 1. The van der Waals surface area contributed by atoms with Gasteiger partial charge in [-0.15, -0.1) is 0 Å². The third-order valence-corrected chi connectivity index (χ3v) is 2.66. The molecule has 3 heteroatoms. The molecule has 0 aromatic rings. The fourth-order valence-electron chi connectivity index (χ4n) is 2.06. The highest BCUT2D eigenvalue weighted by Gasteiger charge is 2.32. The van der Waals surface area contributed by atoms with Crippen molar-refractivity contribution in [3.05, 3.63) is 0 Å². The fourth-order valence-corrected chi connectivity index (χ4v) is 2.06. The summed E-state index contributed by atoms with van der Waals surface area (Å²) in [5.41, 5.74) is 5.27. The van der Waals surface area contributed by atoms with Crippen molar-refractivity contribution < 1.29 is 4.79 Å². The molecule has 0 saturated carbocycles. The summed E-state index contributed by atoms with van der Waals surface area (Å²) in [6.07, 6.45) is 3.37. The zero-order valence-corrected chi connectivity index (χ0v) is 7.92. The van der Waals surface area contributed by atoms with Crippen LogP contribution in [0.2, 0.25) is 0 Å². The van der Waals surface area contributed by atoms with Crippen LogP contribution < -0.4 is 5.73 Å². The normalized spacial score (nSPS) is 30.8. The lowest BCUT2D eigenvalue weighted by molar-refractivity contribution is -0.121. The van der Waals surface area contributed by atoms with Crippen LogP contribution in [0.5, 0.6) is 0 Å². The van der Waals surface area contributed by atoms with Crippen molar-refractivity contribution in [2.24, 2.45) is 11.7 Å². The summed E-state index contributed by atoms with van der Waals surface area (Å²) >= 11 is 0. The Morgan fingerprint density at radius 2 is 2.33 bits per heavy atom. The van der Waals surface area contributed by atoms with Crippen LogP contribution >= 0.6 is 0 Å². The van der Waals surface area contributed by atoms with Crippen LogP contribution in [0.3, 0.4) is 0 Å². The quantitative estimate of drug-likeness (QED) is 0.674. The van der Waals surface area contributed by atoms with Gasteiger partial charge in [-0.3, -0.25) is 9.69 Å². The van der Waals surface area contributed by atoms with E-state index in [0.717, 1.165) is 13.0 Å². The van der Waals surface area contributed by atoms with Gasteiger partial charge < -0.3 is 5.73 Å². The smallest absolute Gasteiger partial charge is 0.234 e. The molecule has 0 aliphatic carbocycles. The van der Waals surface area contributed by atoms with E-state index in [0.29, 0.717) is 5.92 Å². The van der Waals surface area contributed by atoms with E-state index in [9.17, 15) is 4.79 Å². The van der Waals surface area contributed by atoms with Crippen LogP contribution in [0.25, 0.3) is 0 Å². The number of nitrogens with zero attached hydrogens (tertiary/aromatic N) is 1. The summed E-state index contributed by atoms with van der Waals surface area (Å²) in [6.45, 7) is 3.21. The van der Waals surface area contributed by atoms with Crippen molar-refractivity contribution in [3.63, 3.8) is 0 Å². The van der Waals surface area contributed by atoms with E-state index in [1.807, 2.05) is 7.05 Å². The number of amides is 1. The fraction of sp³-hybridized carbons (Fsp3) is 0.889. The standard InChI is InChI=1S/C9H18N2O/c1-3-4-7-5-8(9(10)12)11(2)6-7/h7-8H,3-6H2,1-2H3,(H2,10,12)/t7?,8-/m0/s1. The molecule has 1 heterocycles. The predicted octanol–water partition coefficient (Wildman–Crippen LogP) is 0.592. The Morgan fingerprint density at radius 3 is 2.75 bits per heavy atom. The summed E-state index contributed by atoms with van der Waals surface area (Å²) in [4.78, 5) is 13.0. The lowest BCUT2D eigenvalue weighted by Crippen LogP contribution is -2.37. The summed E-state index contributed by atoms with van der Waals surface area (Å²) in [5, 5.41) is 0. The van der Waals surface area contributed by atoms with Crippen LogP contribution in [0.15, 0.2) is 0 Å². The zero-order valence-electron chi connectivity index (χ0n) is 7.92. The minimum absolute atomic E-state index is 0.0125. The van der Waals surface area contributed by atoms with Gasteiger partial charge >= 0.3 is 0 Å². The van der Waals surface area contributed by atoms with Gasteiger partial charge in [-0.1, -0.05) is 13.3 Å². The molecule has 1 aliphatic rings. The van der Waals surface area contributed by atoms with Crippen molar-refractivity contribution in [2.45, 2.75) is 32.2 Å². The van der Waals surface area contributed by atoms with Gasteiger partial charge in [-0.05, 0) is 25.8 Å². The molecule has 2 N–H and O–H groups in total. The number of likely N-dealkylation sites (tertiary alicyclic amines) is 1. The molecule has 70 valence electrons. The van der Waals surface area contributed by atoms with Gasteiger partial charge in [0.25, 0.3) is 0 Å². The van der Waals surface area contributed by atoms with Crippen molar-refractivity contribution in [3.8, 4) is 0 Å². The minimum Gasteiger partial charge on any atom is -0.368 e. The lowest BCUT2D eigenvalue weighted by atomic mass is 10.0. The molecule has 1 unspecified atom stereocenters. The maximum atomic E-state index is 10.9. The van der Waals surface area contributed by atoms with E-state index in [1.165, 1.54) is 12.8 Å². The molecule has 1 saturated heterocycles. The van der Waals surface area contributed by atoms with Gasteiger partial charge in [-0.2, -0.15) is 0 Å². The topological polar surface area (TPSA) is 46.3 Å². The van der Waals surface area contributed by atoms with Gasteiger partial charge in [0.15, 0.2) is 0 Å². The summed E-state index contributed by atoms with van der Waals surface area (Å²) in [7, 11) is 1.98. The van der Waals surface area contributed by atoms with Crippen molar-refractivity contribution in [1.82, 2.24) is 4.90 Å². The predicted molar refractivity (Wildman–Crippen MR) is 48.6 cm³/mol. The Labute approximate surface area is 73.9 Å². The van der Waals surface area contributed by atoms with Gasteiger partial charge in [0, 0.05) is 6.54 Å². The molecule has 2 atom stereocenters. The second-order valence-corrected chi connectivity index (χ2v) is 3.75. The number of hydrogen-bond acceptors (Lipinski definition) is 2. The lowest BCUT2D eigenvalue weighted by Gasteiger charge is -2.14. The monoisotopic (exact) mass is 170 g/mol. The molecule has 1 aliphatic heterocycles. The molecular formula is C9H18N2O. The van der Waals surface area contributed by atoms with Crippen LogP contribution in [0, 0.1) is 5.92 Å². The van der Waals surface area contributed by atoms with Crippen molar-refractivity contribution >= 4 is 5.91 Å². The highest BCUT2D eigenvalue weighted by Crippen LogP contribution is 2.24. The summed E-state index contributed by atoms with van der Waals surface area (Å²) < 4.78 is 0. The van der Waals surface area contributed by atoms with E-state index in [4.69, 9.17) is 5.73 Å². The first kappa shape index (κ1) is 9.52. The molecule has 1 fully saturated rings. The average Bonchev–Trinajstić information content (AvgIpc) is 2.32. The van der Waals surface area contributed by atoms with Gasteiger partial charge in [0.1, 0.15) is 0 Å². The molecule has 0 bridgehead atoms.